The monoisotopic (exact) mass is 427 g/mol. The van der Waals surface area contributed by atoms with E-state index in [1.807, 2.05) is 0 Å². The zero-order valence-electron chi connectivity index (χ0n) is 15.3. The van der Waals surface area contributed by atoms with E-state index >= 15 is 0 Å². The Morgan fingerprint density at radius 1 is 0.900 bits per heavy atom. The fraction of sp³-hybridized carbons (Fsp3) is 0.200. The van der Waals surface area contributed by atoms with Gasteiger partial charge in [0.1, 0.15) is 0 Å². The molecule has 0 aliphatic heterocycles. The third-order valence-electron chi connectivity index (χ3n) is 4.26. The molecule has 3 rings (SSSR count). The van der Waals surface area contributed by atoms with Gasteiger partial charge in [-0.1, -0.05) is 24.3 Å². The van der Waals surface area contributed by atoms with E-state index in [-0.39, 0.29) is 6.54 Å². The van der Waals surface area contributed by atoms with Gasteiger partial charge in [-0.25, -0.2) is 4.68 Å². The molecule has 0 saturated heterocycles. The minimum Gasteiger partial charge on any atom is -0.352 e. The number of carbonyl (C=O) groups is 1. The summed E-state index contributed by atoms with van der Waals surface area (Å²) in [6.45, 7) is 0.0877. The van der Waals surface area contributed by atoms with Crippen molar-refractivity contribution in [3.63, 3.8) is 0 Å². The normalized spacial score (nSPS) is 12.1. The Kier molecular flexibility index (Phi) is 5.86. The maximum Gasteiger partial charge on any atom is 0.435 e. The molecule has 1 aromatic heterocycles. The number of benzene rings is 2. The van der Waals surface area contributed by atoms with E-state index < -0.39 is 35.1 Å². The van der Waals surface area contributed by atoms with E-state index in [1.165, 1.54) is 18.3 Å². The highest BCUT2D eigenvalue weighted by Gasteiger charge is 2.35. The Morgan fingerprint density at radius 2 is 1.57 bits per heavy atom. The number of halogens is 6. The van der Waals surface area contributed by atoms with E-state index in [0.717, 1.165) is 28.4 Å². The van der Waals surface area contributed by atoms with Gasteiger partial charge in [-0.05, 0) is 42.3 Å². The number of nitrogens with zero attached hydrogens (tertiary/aromatic N) is 2. The van der Waals surface area contributed by atoms with Crippen molar-refractivity contribution >= 4 is 5.91 Å². The molecular formula is C20H15F6N3O. The van der Waals surface area contributed by atoms with Crippen LogP contribution in [0.5, 0.6) is 0 Å². The minimum atomic E-state index is -4.64. The molecule has 1 amide bonds. The van der Waals surface area contributed by atoms with Crippen molar-refractivity contribution in [2.24, 2.45) is 0 Å². The first kappa shape index (κ1) is 21.4. The smallest absolute Gasteiger partial charge is 0.352 e. The van der Waals surface area contributed by atoms with Crippen molar-refractivity contribution < 1.29 is 31.1 Å². The van der Waals surface area contributed by atoms with E-state index in [2.05, 4.69) is 10.4 Å². The number of alkyl halides is 6. The van der Waals surface area contributed by atoms with Crippen LogP contribution in [0.3, 0.4) is 0 Å². The van der Waals surface area contributed by atoms with Gasteiger partial charge in [0.05, 0.1) is 16.8 Å². The van der Waals surface area contributed by atoms with Gasteiger partial charge in [0.25, 0.3) is 5.91 Å². The summed E-state index contributed by atoms with van der Waals surface area (Å²) in [6.07, 6.45) is -7.65. The average molecular weight is 427 g/mol. The zero-order valence-corrected chi connectivity index (χ0v) is 15.3. The summed E-state index contributed by atoms with van der Waals surface area (Å²) >= 11 is 0. The molecule has 0 atom stereocenters. The van der Waals surface area contributed by atoms with Crippen molar-refractivity contribution in [3.05, 3.63) is 83.2 Å². The summed E-state index contributed by atoms with van der Waals surface area (Å²) in [5.41, 5.74) is -1.32. The van der Waals surface area contributed by atoms with Crippen molar-refractivity contribution in [1.29, 1.82) is 0 Å². The van der Waals surface area contributed by atoms with Gasteiger partial charge in [0, 0.05) is 12.7 Å². The Morgan fingerprint density at radius 3 is 2.17 bits per heavy atom. The van der Waals surface area contributed by atoms with Crippen LogP contribution in [-0.2, 0) is 18.8 Å². The fourth-order valence-electron chi connectivity index (χ4n) is 2.78. The topological polar surface area (TPSA) is 46.9 Å². The fourth-order valence-corrected chi connectivity index (χ4v) is 2.78. The summed E-state index contributed by atoms with van der Waals surface area (Å²) in [5, 5.41) is 5.92. The average Bonchev–Trinajstić information content (AvgIpc) is 3.18. The predicted molar refractivity (Wildman–Crippen MR) is 96.0 cm³/mol. The van der Waals surface area contributed by atoms with E-state index in [0.29, 0.717) is 12.1 Å². The number of hydrogen-bond acceptors (Lipinski definition) is 2. The lowest BCUT2D eigenvalue weighted by Crippen LogP contribution is -2.28. The Balaban J connectivity index is 1.60. The molecular weight excluding hydrogens is 412 g/mol. The standard InChI is InChI=1S/C20H15F6N3O/c21-19(22,23)16-4-2-1-3-15(16)18(30)27-11-9-13-5-7-14(8-6-13)29-12-10-17(28-29)20(24,25)26/h1-8,10,12H,9,11H2,(H,27,30). The largest absolute Gasteiger partial charge is 0.435 e. The third-order valence-corrected chi connectivity index (χ3v) is 4.26. The van der Waals surface area contributed by atoms with Crippen LogP contribution < -0.4 is 5.32 Å². The number of nitrogens with one attached hydrogen (secondary N) is 1. The number of aromatic nitrogens is 2. The van der Waals surface area contributed by atoms with Crippen LogP contribution in [0.25, 0.3) is 5.69 Å². The zero-order chi connectivity index (χ0) is 21.9. The number of amides is 1. The highest BCUT2D eigenvalue weighted by molar-refractivity contribution is 5.95. The molecule has 0 radical (unpaired) electrons. The SMILES string of the molecule is O=C(NCCc1ccc(-n2ccc(C(F)(F)F)n2)cc1)c1ccccc1C(F)(F)F. The second kappa shape index (κ2) is 8.21. The number of carbonyl (C=O) groups excluding carboxylic acids is 1. The first-order chi connectivity index (χ1) is 14.1. The van der Waals surface area contributed by atoms with Gasteiger partial charge >= 0.3 is 12.4 Å². The molecule has 158 valence electrons. The molecule has 30 heavy (non-hydrogen) atoms. The lowest BCUT2D eigenvalue weighted by molar-refractivity contribution is -0.141. The summed E-state index contributed by atoms with van der Waals surface area (Å²) < 4.78 is 77.9. The summed E-state index contributed by atoms with van der Waals surface area (Å²) in [7, 11) is 0. The Hall–Kier alpha value is -3.30. The molecule has 1 heterocycles. The van der Waals surface area contributed by atoms with Gasteiger partial charge in [0.2, 0.25) is 0 Å². The van der Waals surface area contributed by atoms with Crippen LogP contribution in [0.4, 0.5) is 26.3 Å². The van der Waals surface area contributed by atoms with Gasteiger partial charge in [-0.3, -0.25) is 4.79 Å². The van der Waals surface area contributed by atoms with Gasteiger partial charge in [0.15, 0.2) is 5.69 Å². The van der Waals surface area contributed by atoms with E-state index in [4.69, 9.17) is 0 Å². The lowest BCUT2D eigenvalue weighted by Gasteiger charge is -2.12. The van der Waals surface area contributed by atoms with Gasteiger partial charge in [-0.15, -0.1) is 0 Å². The first-order valence-corrected chi connectivity index (χ1v) is 8.72. The predicted octanol–water partition coefficient (Wildman–Crippen LogP) is 4.88. The molecule has 0 bridgehead atoms. The summed E-state index contributed by atoms with van der Waals surface area (Å²) in [5.74, 6) is -0.837. The highest BCUT2D eigenvalue weighted by atomic mass is 19.4. The van der Waals surface area contributed by atoms with Crippen LogP contribution >= 0.6 is 0 Å². The summed E-state index contributed by atoms with van der Waals surface area (Å²) in [4.78, 5) is 12.1. The van der Waals surface area contributed by atoms with Crippen LogP contribution in [0.1, 0.15) is 27.2 Å². The van der Waals surface area contributed by atoms with E-state index in [1.54, 1.807) is 24.3 Å². The van der Waals surface area contributed by atoms with Crippen molar-refractivity contribution in [2.75, 3.05) is 6.54 Å². The Labute approximate surface area is 167 Å². The quantitative estimate of drug-likeness (QED) is 0.590. The molecule has 0 aliphatic rings. The highest BCUT2D eigenvalue weighted by Crippen LogP contribution is 2.31. The van der Waals surface area contributed by atoms with Crippen molar-refractivity contribution in [3.8, 4) is 5.69 Å². The molecule has 0 aliphatic carbocycles. The van der Waals surface area contributed by atoms with Crippen molar-refractivity contribution in [1.82, 2.24) is 15.1 Å². The third kappa shape index (κ3) is 5.00. The molecule has 2 aromatic carbocycles. The second-order valence-electron chi connectivity index (χ2n) is 6.36. The Bertz CT molecular complexity index is 1020. The first-order valence-electron chi connectivity index (χ1n) is 8.72. The van der Waals surface area contributed by atoms with Crippen LogP contribution in [0.15, 0.2) is 60.8 Å². The maximum atomic E-state index is 13.0. The number of hydrogen-bond donors (Lipinski definition) is 1. The molecule has 0 fully saturated rings. The molecule has 0 spiro atoms. The van der Waals surface area contributed by atoms with Crippen LogP contribution in [0.2, 0.25) is 0 Å². The van der Waals surface area contributed by atoms with Gasteiger partial charge in [-0.2, -0.15) is 31.4 Å². The molecule has 10 heteroatoms. The van der Waals surface area contributed by atoms with Crippen molar-refractivity contribution in [2.45, 2.75) is 18.8 Å². The van der Waals surface area contributed by atoms with Gasteiger partial charge < -0.3 is 5.32 Å². The molecule has 1 N–H and O–H groups in total. The molecule has 4 nitrogen and oxygen atoms in total. The number of rotatable bonds is 5. The van der Waals surface area contributed by atoms with Crippen LogP contribution in [-0.4, -0.2) is 22.2 Å². The molecule has 0 unspecified atom stereocenters. The van der Waals surface area contributed by atoms with Crippen LogP contribution in [0, 0.1) is 0 Å². The molecule has 3 aromatic rings. The second-order valence-corrected chi connectivity index (χ2v) is 6.36. The van der Waals surface area contributed by atoms with E-state index in [9.17, 15) is 31.1 Å². The lowest BCUT2D eigenvalue weighted by atomic mass is 10.1. The summed E-state index contributed by atoms with van der Waals surface area (Å²) in [6, 6.07) is 11.8. The minimum absolute atomic E-state index is 0.0877. The molecule has 0 saturated carbocycles. The maximum absolute atomic E-state index is 13.0.